The van der Waals surface area contributed by atoms with E-state index in [2.05, 4.69) is 41.5 Å². The molecule has 0 aromatic heterocycles. The van der Waals surface area contributed by atoms with Crippen LogP contribution in [0, 0.1) is 58.2 Å². The minimum Gasteiger partial charge on any atom is -0.393 e. The zero-order chi connectivity index (χ0) is 23.1. The predicted octanol–water partition coefficient (Wildman–Crippen LogP) is 8.88. The van der Waals surface area contributed by atoms with Crippen molar-refractivity contribution in [3.63, 3.8) is 0 Å². The molecule has 186 valence electrons. The van der Waals surface area contributed by atoms with E-state index < -0.39 is 0 Å². The topological polar surface area (TPSA) is 20.2 Å². The van der Waals surface area contributed by atoms with E-state index in [1.54, 1.807) is 0 Å². The number of hydrogen-bond donors (Lipinski definition) is 1. The third kappa shape index (κ3) is 4.35. The van der Waals surface area contributed by atoms with Crippen LogP contribution < -0.4 is 0 Å². The summed E-state index contributed by atoms with van der Waals surface area (Å²) in [4.78, 5) is 0. The average Bonchev–Trinajstić information content (AvgIpc) is 3.10. The molecule has 32 heavy (non-hydrogen) atoms. The molecular weight excluding hydrogens is 388 g/mol. The Hall–Kier alpha value is -0.0400. The minimum absolute atomic E-state index is 0.0208. The molecule has 4 aliphatic carbocycles. The molecule has 0 radical (unpaired) electrons. The highest BCUT2D eigenvalue weighted by Gasteiger charge is 2.61. The highest BCUT2D eigenvalue weighted by molar-refractivity contribution is 5.10. The first-order valence-electron chi connectivity index (χ1n) is 14.9. The molecule has 10 atom stereocenters. The molecule has 0 aromatic rings. The molecule has 0 saturated heterocycles. The standard InChI is InChI=1S/C31H56O/c1-7-8-12-24-27-14-13-23-26-16-15-25(22(4)11-9-10-21(2)3)30(26,5)19-17-28(23)31(27,6)20-18-29(24)32/h21-29,32H,7-20H2,1-6H3/t22-,23+,24+,25-,26+,27+,28+,29-,30-,31+/m1/s1. The van der Waals surface area contributed by atoms with Crippen molar-refractivity contribution in [1.29, 1.82) is 0 Å². The van der Waals surface area contributed by atoms with Crippen molar-refractivity contribution in [3.05, 3.63) is 0 Å². The summed E-state index contributed by atoms with van der Waals surface area (Å²) in [6.45, 7) is 15.1. The number of fused-ring (bicyclic) bond motifs is 5. The van der Waals surface area contributed by atoms with Gasteiger partial charge in [0.05, 0.1) is 6.10 Å². The van der Waals surface area contributed by atoms with Crippen LogP contribution in [0.25, 0.3) is 0 Å². The average molecular weight is 445 g/mol. The second-order valence-corrected chi connectivity index (χ2v) is 14.0. The van der Waals surface area contributed by atoms with Crippen LogP contribution in [0.4, 0.5) is 0 Å². The third-order valence-corrected chi connectivity index (χ3v) is 12.0. The van der Waals surface area contributed by atoms with Gasteiger partial charge in [0.2, 0.25) is 0 Å². The van der Waals surface area contributed by atoms with Gasteiger partial charge in [-0.05, 0) is 116 Å². The van der Waals surface area contributed by atoms with Gasteiger partial charge >= 0.3 is 0 Å². The van der Waals surface area contributed by atoms with E-state index in [9.17, 15) is 5.11 Å². The molecule has 0 aromatic carbocycles. The number of aliphatic hydroxyl groups is 1. The van der Waals surface area contributed by atoms with E-state index in [1.807, 2.05) is 0 Å². The van der Waals surface area contributed by atoms with Crippen molar-refractivity contribution in [3.8, 4) is 0 Å². The molecule has 4 aliphatic rings. The maximum absolute atomic E-state index is 10.9. The van der Waals surface area contributed by atoms with Crippen LogP contribution in [0.5, 0.6) is 0 Å². The predicted molar refractivity (Wildman–Crippen MR) is 137 cm³/mol. The first-order chi connectivity index (χ1) is 15.2. The van der Waals surface area contributed by atoms with Crippen LogP contribution in [0.2, 0.25) is 0 Å². The van der Waals surface area contributed by atoms with Gasteiger partial charge in [-0.2, -0.15) is 0 Å². The summed E-state index contributed by atoms with van der Waals surface area (Å²) >= 11 is 0. The molecule has 4 rings (SSSR count). The van der Waals surface area contributed by atoms with Crippen molar-refractivity contribution in [2.24, 2.45) is 58.2 Å². The van der Waals surface area contributed by atoms with Crippen molar-refractivity contribution >= 4 is 0 Å². The smallest absolute Gasteiger partial charge is 0.0571 e. The molecular formula is C31H56O. The minimum atomic E-state index is -0.0208. The summed E-state index contributed by atoms with van der Waals surface area (Å²) in [7, 11) is 0. The second kappa shape index (κ2) is 9.91. The Labute approximate surface area is 200 Å². The Morgan fingerprint density at radius 2 is 1.47 bits per heavy atom. The molecule has 1 nitrogen and oxygen atoms in total. The summed E-state index contributed by atoms with van der Waals surface area (Å²) in [5.41, 5.74) is 1.11. The molecule has 0 aliphatic heterocycles. The zero-order valence-corrected chi connectivity index (χ0v) is 22.5. The molecule has 0 heterocycles. The third-order valence-electron chi connectivity index (χ3n) is 12.0. The molecule has 0 bridgehead atoms. The van der Waals surface area contributed by atoms with Gasteiger partial charge in [-0.3, -0.25) is 0 Å². The molecule has 1 N–H and O–H groups in total. The second-order valence-electron chi connectivity index (χ2n) is 14.0. The molecule has 0 amide bonds. The molecule has 0 unspecified atom stereocenters. The van der Waals surface area contributed by atoms with Crippen molar-refractivity contribution in [1.82, 2.24) is 0 Å². The maximum atomic E-state index is 10.9. The monoisotopic (exact) mass is 444 g/mol. The van der Waals surface area contributed by atoms with Gasteiger partial charge in [0, 0.05) is 0 Å². The van der Waals surface area contributed by atoms with Crippen LogP contribution in [0.1, 0.15) is 131 Å². The van der Waals surface area contributed by atoms with E-state index in [0.717, 1.165) is 47.8 Å². The van der Waals surface area contributed by atoms with E-state index in [-0.39, 0.29) is 6.10 Å². The van der Waals surface area contributed by atoms with Crippen LogP contribution in [-0.2, 0) is 0 Å². The normalized spacial score (nSPS) is 47.1. The number of unbranched alkanes of at least 4 members (excludes halogenated alkanes) is 1. The van der Waals surface area contributed by atoms with Crippen molar-refractivity contribution in [2.75, 3.05) is 0 Å². The molecule has 0 spiro atoms. The van der Waals surface area contributed by atoms with Crippen LogP contribution in [0.3, 0.4) is 0 Å². The van der Waals surface area contributed by atoms with Crippen molar-refractivity contribution < 1.29 is 5.11 Å². The van der Waals surface area contributed by atoms with E-state index in [1.165, 1.54) is 83.5 Å². The summed E-state index contributed by atoms with van der Waals surface area (Å²) in [5.74, 6) is 7.01. The summed E-state index contributed by atoms with van der Waals surface area (Å²) in [6, 6.07) is 0. The van der Waals surface area contributed by atoms with Gasteiger partial charge in [-0.1, -0.05) is 73.6 Å². The Morgan fingerprint density at radius 3 is 2.19 bits per heavy atom. The lowest BCUT2D eigenvalue weighted by atomic mass is 9.42. The lowest BCUT2D eigenvalue weighted by Crippen LogP contribution is -2.56. The number of rotatable bonds is 8. The Morgan fingerprint density at radius 1 is 0.781 bits per heavy atom. The zero-order valence-electron chi connectivity index (χ0n) is 22.5. The Balaban J connectivity index is 1.47. The van der Waals surface area contributed by atoms with Crippen LogP contribution >= 0.6 is 0 Å². The highest BCUT2D eigenvalue weighted by atomic mass is 16.3. The van der Waals surface area contributed by atoms with Gasteiger partial charge in [-0.25, -0.2) is 0 Å². The van der Waals surface area contributed by atoms with Gasteiger partial charge < -0.3 is 5.11 Å². The number of hydrogen-bond acceptors (Lipinski definition) is 1. The Kier molecular flexibility index (Phi) is 7.76. The van der Waals surface area contributed by atoms with Crippen LogP contribution in [0.15, 0.2) is 0 Å². The lowest BCUT2D eigenvalue weighted by Gasteiger charge is -2.63. The van der Waals surface area contributed by atoms with Gasteiger partial charge in [-0.15, -0.1) is 0 Å². The molecule has 1 heteroatoms. The SMILES string of the molecule is CCCC[C@@H]1[C@H](O)CC[C@@]2(C)[C@H]1CC[C@@H]1[C@@H]2CC[C@]2(C)[C@@H]([C@H](C)CCCC(C)C)CC[C@@H]12. The van der Waals surface area contributed by atoms with Crippen LogP contribution in [-0.4, -0.2) is 11.2 Å². The van der Waals surface area contributed by atoms with Gasteiger partial charge in [0.1, 0.15) is 0 Å². The Bertz CT molecular complexity index is 612. The lowest BCUT2D eigenvalue weighted by molar-refractivity contribution is -0.154. The van der Waals surface area contributed by atoms with Gasteiger partial charge in [0.25, 0.3) is 0 Å². The molecule has 4 saturated carbocycles. The number of aliphatic hydroxyl groups excluding tert-OH is 1. The fraction of sp³-hybridized carbons (Fsp3) is 1.00. The van der Waals surface area contributed by atoms with E-state index in [4.69, 9.17) is 0 Å². The highest BCUT2D eigenvalue weighted by Crippen LogP contribution is 2.69. The van der Waals surface area contributed by atoms with E-state index in [0.29, 0.717) is 16.7 Å². The van der Waals surface area contributed by atoms with E-state index >= 15 is 0 Å². The first kappa shape index (κ1) is 25.1. The fourth-order valence-corrected chi connectivity index (χ4v) is 10.4. The quantitative estimate of drug-likeness (QED) is 0.396. The largest absolute Gasteiger partial charge is 0.393 e. The first-order valence-corrected chi connectivity index (χ1v) is 14.9. The summed E-state index contributed by atoms with van der Waals surface area (Å²) in [5, 5.41) is 10.9. The summed E-state index contributed by atoms with van der Waals surface area (Å²) < 4.78 is 0. The summed E-state index contributed by atoms with van der Waals surface area (Å²) in [6.07, 6.45) is 19.4. The van der Waals surface area contributed by atoms with Crippen molar-refractivity contribution in [2.45, 2.75) is 138 Å². The fourth-order valence-electron chi connectivity index (χ4n) is 10.4. The van der Waals surface area contributed by atoms with Gasteiger partial charge in [0.15, 0.2) is 0 Å². The maximum Gasteiger partial charge on any atom is 0.0571 e. The molecule has 4 fully saturated rings.